The second kappa shape index (κ2) is 6.20. The maximum absolute atomic E-state index is 13.2. The second-order valence-electron chi connectivity index (χ2n) is 8.83. The van der Waals surface area contributed by atoms with Crippen LogP contribution >= 0.6 is 0 Å². The zero-order chi connectivity index (χ0) is 19.4. The number of carbonyl (C=O) groups excluding carboxylic acids is 2. The molecule has 2 aliphatic carbocycles. The standard InChI is InChI=1S/C23H25N3O2/c24-16-23(7-8-23)21(28)26-13-9-22(10-14-26)15-18(17-5-1-2-6-19(17)22)20(27)25-11-3-4-12-25/h1-6,18H,7-15H2. The van der Waals surface area contributed by atoms with Gasteiger partial charge in [0.2, 0.25) is 11.8 Å². The van der Waals surface area contributed by atoms with Gasteiger partial charge in [0.25, 0.3) is 0 Å². The third kappa shape index (κ3) is 2.51. The molecule has 2 amide bonds. The summed E-state index contributed by atoms with van der Waals surface area (Å²) in [6.07, 6.45) is 8.11. The Kier molecular flexibility index (Phi) is 3.87. The van der Waals surface area contributed by atoms with Crippen molar-refractivity contribution < 1.29 is 9.59 Å². The minimum atomic E-state index is -0.737. The summed E-state index contributed by atoms with van der Waals surface area (Å²) < 4.78 is 0. The van der Waals surface area contributed by atoms with Crippen molar-refractivity contribution in [1.29, 1.82) is 5.26 Å². The molecule has 144 valence electrons. The average Bonchev–Trinajstić information content (AvgIpc) is 3.22. The van der Waals surface area contributed by atoms with Gasteiger partial charge in [0.15, 0.2) is 0 Å². The van der Waals surface area contributed by atoms with Crippen molar-refractivity contribution in [2.24, 2.45) is 5.41 Å². The molecule has 1 unspecified atom stereocenters. The lowest BCUT2D eigenvalue weighted by molar-refractivity contribution is -0.137. The molecule has 2 heterocycles. The number of hydrogen-bond donors (Lipinski definition) is 0. The number of likely N-dealkylation sites (tertiary alicyclic amines) is 1. The lowest BCUT2D eigenvalue weighted by Crippen LogP contribution is -2.47. The van der Waals surface area contributed by atoms with Crippen LogP contribution in [0.3, 0.4) is 0 Å². The highest BCUT2D eigenvalue weighted by molar-refractivity contribution is 5.89. The molecule has 1 atom stereocenters. The van der Waals surface area contributed by atoms with Crippen LogP contribution in [-0.2, 0) is 15.0 Å². The van der Waals surface area contributed by atoms with Gasteiger partial charge in [-0.1, -0.05) is 36.4 Å². The molecule has 28 heavy (non-hydrogen) atoms. The molecule has 0 radical (unpaired) electrons. The zero-order valence-corrected chi connectivity index (χ0v) is 16.1. The molecule has 5 nitrogen and oxygen atoms in total. The molecule has 2 aliphatic heterocycles. The predicted molar refractivity (Wildman–Crippen MR) is 104 cm³/mol. The van der Waals surface area contributed by atoms with Gasteiger partial charge in [-0.3, -0.25) is 9.59 Å². The maximum atomic E-state index is 13.2. The highest BCUT2D eigenvalue weighted by atomic mass is 16.2. The highest BCUT2D eigenvalue weighted by Gasteiger charge is 2.55. The molecule has 1 saturated heterocycles. The van der Waals surface area contributed by atoms with Crippen LogP contribution in [0.25, 0.3) is 0 Å². The molecule has 1 aromatic carbocycles. The molecule has 0 aromatic heterocycles. The van der Waals surface area contributed by atoms with E-state index in [4.69, 9.17) is 0 Å². The number of benzene rings is 1. The number of amides is 2. The summed E-state index contributed by atoms with van der Waals surface area (Å²) in [4.78, 5) is 29.7. The fraction of sp³-hybridized carbons (Fsp3) is 0.522. The van der Waals surface area contributed by atoms with Gasteiger partial charge in [0, 0.05) is 31.6 Å². The van der Waals surface area contributed by atoms with Crippen molar-refractivity contribution in [2.75, 3.05) is 26.2 Å². The Morgan fingerprint density at radius 1 is 1.00 bits per heavy atom. The Labute approximate surface area is 165 Å². The quantitative estimate of drug-likeness (QED) is 0.747. The van der Waals surface area contributed by atoms with E-state index in [9.17, 15) is 14.9 Å². The molecule has 1 aromatic rings. The van der Waals surface area contributed by atoms with Crippen molar-refractivity contribution >= 4 is 11.8 Å². The summed E-state index contributed by atoms with van der Waals surface area (Å²) in [5, 5.41) is 9.35. The van der Waals surface area contributed by atoms with E-state index in [2.05, 4.69) is 36.4 Å². The van der Waals surface area contributed by atoms with Crippen LogP contribution < -0.4 is 0 Å². The van der Waals surface area contributed by atoms with Crippen LogP contribution in [0.1, 0.15) is 49.1 Å². The van der Waals surface area contributed by atoms with Crippen LogP contribution in [0.4, 0.5) is 0 Å². The van der Waals surface area contributed by atoms with Gasteiger partial charge in [0.1, 0.15) is 5.41 Å². The summed E-state index contributed by atoms with van der Waals surface area (Å²) in [6.45, 7) is 2.79. The van der Waals surface area contributed by atoms with Crippen molar-refractivity contribution in [1.82, 2.24) is 9.80 Å². The average molecular weight is 375 g/mol. The van der Waals surface area contributed by atoms with Crippen LogP contribution in [0, 0.1) is 16.7 Å². The molecular weight excluding hydrogens is 350 g/mol. The molecule has 0 bridgehead atoms. The van der Waals surface area contributed by atoms with Crippen molar-refractivity contribution in [2.45, 2.75) is 43.4 Å². The van der Waals surface area contributed by atoms with Crippen molar-refractivity contribution in [3.63, 3.8) is 0 Å². The van der Waals surface area contributed by atoms with E-state index in [1.54, 1.807) is 0 Å². The minimum absolute atomic E-state index is 0.0203. The Morgan fingerprint density at radius 2 is 1.68 bits per heavy atom. The predicted octanol–water partition coefficient (Wildman–Crippen LogP) is 2.74. The fourth-order valence-electron chi connectivity index (χ4n) is 5.41. The molecule has 4 aliphatic rings. The van der Waals surface area contributed by atoms with Gasteiger partial charge >= 0.3 is 0 Å². The van der Waals surface area contributed by atoms with Crippen molar-refractivity contribution in [3.8, 4) is 6.07 Å². The van der Waals surface area contributed by atoms with Crippen LogP contribution in [0.5, 0.6) is 0 Å². The monoisotopic (exact) mass is 375 g/mol. The molecular formula is C23H25N3O2. The van der Waals surface area contributed by atoms with E-state index in [-0.39, 0.29) is 23.1 Å². The van der Waals surface area contributed by atoms with Gasteiger partial charge < -0.3 is 9.80 Å². The number of fused-ring (bicyclic) bond motifs is 2. The Bertz CT molecular complexity index is 893. The van der Waals surface area contributed by atoms with Gasteiger partial charge in [-0.2, -0.15) is 5.26 Å². The summed E-state index contributed by atoms with van der Waals surface area (Å²) in [5.74, 6) is 0.174. The van der Waals surface area contributed by atoms with E-state index < -0.39 is 5.41 Å². The number of nitrogens with zero attached hydrogens (tertiary/aromatic N) is 3. The lowest BCUT2D eigenvalue weighted by atomic mass is 9.73. The first kappa shape index (κ1) is 17.5. The first-order valence-electron chi connectivity index (χ1n) is 10.3. The van der Waals surface area contributed by atoms with Crippen molar-refractivity contribution in [3.05, 3.63) is 47.5 Å². The minimum Gasteiger partial charge on any atom is -0.341 e. The SMILES string of the molecule is N#CC1(C(=O)N2CCC3(CC2)CC(C(=O)N2CC=CC2)c2ccccc23)CC1. The number of nitriles is 1. The Balaban J connectivity index is 1.37. The van der Waals surface area contributed by atoms with Crippen LogP contribution in [0.15, 0.2) is 36.4 Å². The van der Waals surface area contributed by atoms with E-state index in [1.165, 1.54) is 11.1 Å². The summed E-state index contributed by atoms with van der Waals surface area (Å²) in [7, 11) is 0. The molecule has 2 fully saturated rings. The molecule has 5 rings (SSSR count). The van der Waals surface area contributed by atoms with Gasteiger partial charge in [-0.05, 0) is 43.2 Å². The van der Waals surface area contributed by atoms with E-state index in [0.717, 1.165) is 19.3 Å². The van der Waals surface area contributed by atoms with Gasteiger partial charge in [-0.15, -0.1) is 0 Å². The summed E-state index contributed by atoms with van der Waals surface area (Å²) in [6, 6.07) is 10.6. The summed E-state index contributed by atoms with van der Waals surface area (Å²) in [5.41, 5.74) is 1.72. The number of rotatable bonds is 2. The smallest absolute Gasteiger partial charge is 0.243 e. The summed E-state index contributed by atoms with van der Waals surface area (Å²) >= 11 is 0. The van der Waals surface area contributed by atoms with Gasteiger partial charge in [-0.25, -0.2) is 0 Å². The third-order valence-corrected chi connectivity index (χ3v) is 7.31. The first-order valence-corrected chi connectivity index (χ1v) is 10.3. The topological polar surface area (TPSA) is 64.4 Å². The molecule has 1 saturated carbocycles. The number of hydrogen-bond acceptors (Lipinski definition) is 3. The van der Waals surface area contributed by atoms with Crippen LogP contribution in [-0.4, -0.2) is 47.8 Å². The largest absolute Gasteiger partial charge is 0.341 e. The maximum Gasteiger partial charge on any atom is 0.243 e. The first-order chi connectivity index (χ1) is 13.6. The van der Waals surface area contributed by atoms with E-state index in [1.807, 2.05) is 15.9 Å². The fourth-order valence-corrected chi connectivity index (χ4v) is 5.41. The number of piperidine rings is 1. The lowest BCUT2D eigenvalue weighted by Gasteiger charge is -2.41. The number of carbonyl (C=O) groups is 2. The molecule has 5 heteroatoms. The molecule has 0 N–H and O–H groups in total. The Hall–Kier alpha value is -2.61. The molecule has 1 spiro atoms. The van der Waals surface area contributed by atoms with E-state index >= 15 is 0 Å². The zero-order valence-electron chi connectivity index (χ0n) is 16.1. The van der Waals surface area contributed by atoms with Crippen LogP contribution in [0.2, 0.25) is 0 Å². The van der Waals surface area contributed by atoms with E-state index in [0.29, 0.717) is 39.0 Å². The Morgan fingerprint density at radius 3 is 2.32 bits per heavy atom. The highest BCUT2D eigenvalue weighted by Crippen LogP contribution is 2.53. The third-order valence-electron chi connectivity index (χ3n) is 7.31. The normalized spacial score (nSPS) is 26.2. The second-order valence-corrected chi connectivity index (χ2v) is 8.83. The van der Waals surface area contributed by atoms with Gasteiger partial charge in [0.05, 0.1) is 12.0 Å².